The van der Waals surface area contributed by atoms with E-state index in [-0.39, 0.29) is 0 Å². The van der Waals surface area contributed by atoms with E-state index in [4.69, 9.17) is 4.42 Å². The van der Waals surface area contributed by atoms with Gasteiger partial charge >= 0.3 is 0 Å². The molecule has 0 aliphatic rings. The van der Waals surface area contributed by atoms with Crippen LogP contribution in [0.5, 0.6) is 0 Å². The van der Waals surface area contributed by atoms with Crippen molar-refractivity contribution in [3.8, 4) is 0 Å². The summed E-state index contributed by atoms with van der Waals surface area (Å²) in [6.07, 6.45) is 16.3. The molecule has 0 amide bonds. The number of rotatable bonds is 12. The molecule has 1 heterocycles. The second kappa shape index (κ2) is 11.9. The largest absolute Gasteiger partial charge is 0.456 e. The van der Waals surface area contributed by atoms with Crippen molar-refractivity contribution in [3.05, 3.63) is 59.7 Å². The molecule has 3 rings (SSSR count). The Hall–Kier alpha value is -2.36. The highest BCUT2D eigenvalue weighted by Crippen LogP contribution is 2.31. The summed E-state index contributed by atoms with van der Waals surface area (Å²) in [7, 11) is 8.53. The van der Waals surface area contributed by atoms with Crippen molar-refractivity contribution < 1.29 is 4.42 Å². The molecule has 0 N–H and O–H groups in total. The van der Waals surface area contributed by atoms with Crippen LogP contribution in [0.15, 0.2) is 53.0 Å². The third kappa shape index (κ3) is 7.37. The molecule has 31 heavy (non-hydrogen) atoms. The van der Waals surface area contributed by atoms with Gasteiger partial charge in [-0.2, -0.15) is 0 Å². The normalized spacial score (nSPS) is 12.6. The van der Waals surface area contributed by atoms with Gasteiger partial charge in [-0.1, -0.05) is 36.4 Å². The van der Waals surface area contributed by atoms with Crippen molar-refractivity contribution in [3.63, 3.8) is 0 Å². The Morgan fingerprint density at radius 1 is 0.645 bits per heavy atom. The third-order valence-corrected chi connectivity index (χ3v) is 5.59. The Morgan fingerprint density at radius 3 is 1.52 bits per heavy atom. The number of hydrogen-bond acceptors (Lipinski definition) is 3. The summed E-state index contributed by atoms with van der Waals surface area (Å²) in [4.78, 5) is 4.49. The van der Waals surface area contributed by atoms with E-state index in [1.165, 1.54) is 47.6 Å². The number of furan rings is 1. The maximum Gasteiger partial charge on any atom is 0.135 e. The molecule has 0 fully saturated rings. The topological polar surface area (TPSA) is 19.6 Å². The lowest BCUT2D eigenvalue weighted by atomic mass is 10.1. The van der Waals surface area contributed by atoms with Crippen molar-refractivity contribution in [2.24, 2.45) is 0 Å². The average molecular weight is 419 g/mol. The zero-order chi connectivity index (χ0) is 22.1. The van der Waals surface area contributed by atoms with E-state index < -0.39 is 0 Å². The summed E-state index contributed by atoms with van der Waals surface area (Å²) < 4.78 is 6.06. The van der Waals surface area contributed by atoms with Crippen LogP contribution in [-0.4, -0.2) is 51.1 Å². The lowest BCUT2D eigenvalue weighted by molar-refractivity contribution is 0.395. The zero-order valence-electron chi connectivity index (χ0n) is 19.7. The van der Waals surface area contributed by atoms with Gasteiger partial charge in [0.2, 0.25) is 0 Å². The van der Waals surface area contributed by atoms with Crippen molar-refractivity contribution in [2.75, 3.05) is 41.3 Å². The Morgan fingerprint density at radius 2 is 1.10 bits per heavy atom. The van der Waals surface area contributed by atoms with Crippen LogP contribution in [0.1, 0.15) is 49.7 Å². The molecule has 1 aromatic heterocycles. The minimum atomic E-state index is 0.961. The number of benzene rings is 2. The van der Waals surface area contributed by atoms with E-state index in [2.05, 4.69) is 98.7 Å². The molecule has 0 unspecified atom stereocenters. The maximum atomic E-state index is 6.06. The first-order valence-corrected chi connectivity index (χ1v) is 11.6. The third-order valence-electron chi connectivity index (χ3n) is 5.59. The summed E-state index contributed by atoms with van der Waals surface area (Å²) in [5, 5.41) is 2.40. The second-order valence-corrected chi connectivity index (χ2v) is 9.02. The van der Waals surface area contributed by atoms with Gasteiger partial charge in [-0.05, 0) is 115 Å². The van der Waals surface area contributed by atoms with Gasteiger partial charge in [0.15, 0.2) is 0 Å². The van der Waals surface area contributed by atoms with Gasteiger partial charge in [0.05, 0.1) is 0 Å². The van der Waals surface area contributed by atoms with Crippen LogP contribution in [-0.2, 0) is 0 Å². The Balaban J connectivity index is 1.65. The molecule has 0 saturated carbocycles. The molecule has 0 radical (unpaired) electrons. The van der Waals surface area contributed by atoms with Crippen LogP contribution in [0.25, 0.3) is 34.1 Å². The van der Waals surface area contributed by atoms with E-state index in [0.29, 0.717) is 0 Å². The molecule has 3 heteroatoms. The van der Waals surface area contributed by atoms with Gasteiger partial charge in [0.25, 0.3) is 0 Å². The second-order valence-electron chi connectivity index (χ2n) is 9.02. The van der Waals surface area contributed by atoms with Crippen molar-refractivity contribution in [1.82, 2.24) is 9.80 Å². The molecule has 0 bridgehead atoms. The number of hydrogen-bond donors (Lipinski definition) is 0. The maximum absolute atomic E-state index is 6.06. The summed E-state index contributed by atoms with van der Waals surface area (Å²) in [5.74, 6) is 0. The monoisotopic (exact) mass is 418 g/mol. The minimum Gasteiger partial charge on any atom is -0.456 e. The molecule has 0 aliphatic carbocycles. The zero-order valence-corrected chi connectivity index (χ0v) is 19.7. The fourth-order valence-corrected chi connectivity index (χ4v) is 3.84. The van der Waals surface area contributed by atoms with E-state index in [1.807, 2.05) is 0 Å². The lowest BCUT2D eigenvalue weighted by Gasteiger charge is -2.07. The van der Waals surface area contributed by atoms with Gasteiger partial charge in [-0.3, -0.25) is 0 Å². The summed E-state index contributed by atoms with van der Waals surface area (Å²) in [6.45, 7) is 2.32. The minimum absolute atomic E-state index is 0.961. The van der Waals surface area contributed by atoms with Crippen LogP contribution in [0.2, 0.25) is 0 Å². The Kier molecular flexibility index (Phi) is 8.93. The predicted molar refractivity (Wildman–Crippen MR) is 137 cm³/mol. The molecular weight excluding hydrogens is 380 g/mol. The SMILES string of the molecule is CN(C)CCCC/C=C/c1ccc2oc3ccc(/C=C/CCCCN(C)C)cc3c2c1. The highest BCUT2D eigenvalue weighted by molar-refractivity contribution is 6.06. The first-order valence-electron chi connectivity index (χ1n) is 11.6. The first-order chi connectivity index (χ1) is 15.0. The van der Waals surface area contributed by atoms with Crippen LogP contribution in [0.4, 0.5) is 0 Å². The van der Waals surface area contributed by atoms with Gasteiger partial charge in [0, 0.05) is 10.8 Å². The Bertz CT molecular complexity index is 930. The van der Waals surface area contributed by atoms with Gasteiger partial charge in [0.1, 0.15) is 11.2 Å². The van der Waals surface area contributed by atoms with Crippen molar-refractivity contribution >= 4 is 34.1 Å². The molecule has 0 aliphatic heterocycles. The van der Waals surface area contributed by atoms with Gasteiger partial charge in [-0.15, -0.1) is 0 Å². The smallest absolute Gasteiger partial charge is 0.135 e. The molecule has 166 valence electrons. The van der Waals surface area contributed by atoms with E-state index >= 15 is 0 Å². The van der Waals surface area contributed by atoms with Crippen molar-refractivity contribution in [2.45, 2.75) is 38.5 Å². The number of fused-ring (bicyclic) bond motifs is 3. The fourth-order valence-electron chi connectivity index (χ4n) is 3.84. The molecule has 0 saturated heterocycles. The number of unbranched alkanes of at least 4 members (excludes halogenated alkanes) is 4. The van der Waals surface area contributed by atoms with Gasteiger partial charge < -0.3 is 14.2 Å². The lowest BCUT2D eigenvalue weighted by Crippen LogP contribution is -2.12. The number of nitrogens with zero attached hydrogens (tertiary/aromatic N) is 2. The summed E-state index contributed by atoms with van der Waals surface area (Å²) in [5.41, 5.74) is 4.40. The molecule has 3 aromatic rings. The van der Waals surface area contributed by atoms with Crippen LogP contribution in [0, 0.1) is 0 Å². The van der Waals surface area contributed by atoms with Crippen LogP contribution in [0.3, 0.4) is 0 Å². The van der Waals surface area contributed by atoms with E-state index in [9.17, 15) is 0 Å². The first kappa shape index (κ1) is 23.3. The fraction of sp³-hybridized carbons (Fsp3) is 0.429. The molecule has 0 atom stereocenters. The standard InChI is InChI=1S/C28H38N2O/c1-29(2)19-11-7-5-9-13-23-15-17-27-25(21-23)26-22-24(16-18-28(26)31-27)14-10-6-8-12-20-30(3)4/h9-10,13-18,21-22H,5-8,11-12,19-20H2,1-4H3/b13-9+,14-10+. The highest BCUT2D eigenvalue weighted by Gasteiger charge is 2.07. The molecule has 2 aromatic carbocycles. The molecule has 0 spiro atoms. The predicted octanol–water partition coefficient (Wildman–Crippen LogP) is 7.08. The highest BCUT2D eigenvalue weighted by atomic mass is 16.3. The summed E-state index contributed by atoms with van der Waals surface area (Å²) in [6, 6.07) is 13.0. The number of allylic oxidation sites excluding steroid dienone is 2. The van der Waals surface area contributed by atoms with E-state index in [1.54, 1.807) is 0 Å². The van der Waals surface area contributed by atoms with Crippen LogP contribution >= 0.6 is 0 Å². The van der Waals surface area contributed by atoms with Gasteiger partial charge in [-0.25, -0.2) is 0 Å². The van der Waals surface area contributed by atoms with Crippen LogP contribution < -0.4 is 0 Å². The molecular formula is C28H38N2O. The quantitative estimate of drug-likeness (QED) is 0.293. The van der Waals surface area contributed by atoms with Crippen molar-refractivity contribution in [1.29, 1.82) is 0 Å². The average Bonchev–Trinajstić information content (AvgIpc) is 3.10. The summed E-state index contributed by atoms with van der Waals surface area (Å²) >= 11 is 0. The van der Waals surface area contributed by atoms with E-state index in [0.717, 1.165) is 37.1 Å². The molecule has 3 nitrogen and oxygen atoms in total. The Labute approximate surface area is 188 Å².